The van der Waals surface area contributed by atoms with Crippen LogP contribution in [0.4, 0.5) is 18.9 Å². The van der Waals surface area contributed by atoms with Crippen LogP contribution in [0.5, 0.6) is 0 Å². The number of hydrogen-bond acceptors (Lipinski definition) is 7. The molecule has 0 amide bonds. The molecule has 0 unspecified atom stereocenters. The highest BCUT2D eigenvalue weighted by Gasteiger charge is 2.36. The van der Waals surface area contributed by atoms with Crippen LogP contribution in [0.25, 0.3) is 5.69 Å². The number of hydrogen-bond donors (Lipinski definition) is 0. The molecule has 0 bridgehead atoms. The number of ether oxygens (including phenoxy) is 3. The fraction of sp³-hybridized carbons (Fsp3) is 0.316. The second kappa shape index (κ2) is 8.19. The molecule has 0 N–H and O–H groups in total. The van der Waals surface area contributed by atoms with E-state index in [0.717, 1.165) is 31.3 Å². The van der Waals surface area contributed by atoms with Gasteiger partial charge in [0.05, 0.1) is 43.3 Å². The molecule has 0 saturated carbocycles. The van der Waals surface area contributed by atoms with Crippen LogP contribution >= 0.6 is 0 Å². The Morgan fingerprint density at radius 3 is 2.40 bits per heavy atom. The summed E-state index contributed by atoms with van der Waals surface area (Å²) in [6, 6.07) is 3.06. The second-order valence-corrected chi connectivity index (χ2v) is 6.26. The number of carbonyl (C=O) groups is 2. The van der Waals surface area contributed by atoms with Crippen molar-refractivity contribution in [3.63, 3.8) is 0 Å². The van der Waals surface area contributed by atoms with Gasteiger partial charge in [-0.25, -0.2) is 14.6 Å². The average Bonchev–Trinajstić information content (AvgIpc) is 3.16. The van der Waals surface area contributed by atoms with Gasteiger partial charge in [0.25, 0.3) is 0 Å². The van der Waals surface area contributed by atoms with Crippen molar-refractivity contribution in [3.8, 4) is 5.69 Å². The van der Waals surface area contributed by atoms with Crippen LogP contribution in [0.3, 0.4) is 0 Å². The quantitative estimate of drug-likeness (QED) is 0.697. The van der Waals surface area contributed by atoms with Crippen LogP contribution in [-0.2, 0) is 30.0 Å². The van der Waals surface area contributed by atoms with E-state index in [1.165, 1.54) is 12.3 Å². The van der Waals surface area contributed by atoms with Crippen molar-refractivity contribution >= 4 is 17.6 Å². The summed E-state index contributed by atoms with van der Waals surface area (Å²) in [5.41, 5.74) is -1.08. The van der Waals surface area contributed by atoms with E-state index in [1.54, 1.807) is 17.7 Å². The SMILES string of the molecule is COC(=O)C1=C(C(=O)OC)N(c2cc(C(F)(F)F)ccc2-n2ccnc2C)COC1. The van der Waals surface area contributed by atoms with Crippen molar-refractivity contribution in [1.29, 1.82) is 0 Å². The minimum Gasteiger partial charge on any atom is -0.466 e. The third-order valence-electron chi connectivity index (χ3n) is 4.51. The molecule has 160 valence electrons. The van der Waals surface area contributed by atoms with Crippen molar-refractivity contribution in [2.75, 3.05) is 32.5 Å². The third kappa shape index (κ3) is 3.88. The van der Waals surface area contributed by atoms with E-state index in [2.05, 4.69) is 4.98 Å². The molecule has 0 saturated heterocycles. The normalized spacial score (nSPS) is 14.7. The van der Waals surface area contributed by atoms with Gasteiger partial charge in [0.2, 0.25) is 0 Å². The summed E-state index contributed by atoms with van der Waals surface area (Å²) in [5, 5.41) is 0. The lowest BCUT2D eigenvalue weighted by atomic mass is 10.1. The molecular weight excluding hydrogens is 407 g/mol. The first kappa shape index (κ1) is 21.4. The number of rotatable bonds is 4. The van der Waals surface area contributed by atoms with Crippen LogP contribution in [0.2, 0.25) is 0 Å². The maximum atomic E-state index is 13.4. The fourth-order valence-corrected chi connectivity index (χ4v) is 3.09. The van der Waals surface area contributed by atoms with Gasteiger partial charge in [-0.1, -0.05) is 0 Å². The molecule has 0 radical (unpaired) electrons. The van der Waals surface area contributed by atoms with E-state index < -0.39 is 23.7 Å². The Balaban J connectivity index is 2.29. The Morgan fingerprint density at radius 2 is 1.83 bits per heavy atom. The van der Waals surface area contributed by atoms with Gasteiger partial charge in [0.1, 0.15) is 18.3 Å². The molecule has 3 rings (SSSR count). The van der Waals surface area contributed by atoms with Crippen molar-refractivity contribution in [1.82, 2.24) is 9.55 Å². The fourth-order valence-electron chi connectivity index (χ4n) is 3.09. The van der Waals surface area contributed by atoms with Crippen molar-refractivity contribution in [3.05, 3.63) is 53.3 Å². The summed E-state index contributed by atoms with van der Waals surface area (Å²) in [6.07, 6.45) is -1.58. The van der Waals surface area contributed by atoms with E-state index in [1.807, 2.05) is 0 Å². The molecule has 2 aromatic rings. The molecule has 8 nitrogen and oxygen atoms in total. The van der Waals surface area contributed by atoms with Crippen LogP contribution in [0, 0.1) is 6.92 Å². The predicted octanol–water partition coefficient (Wildman–Crippen LogP) is 2.59. The highest BCUT2D eigenvalue weighted by atomic mass is 19.4. The summed E-state index contributed by atoms with van der Waals surface area (Å²) < 4.78 is 56.7. The molecule has 1 aliphatic rings. The van der Waals surface area contributed by atoms with Crippen molar-refractivity contribution in [2.24, 2.45) is 0 Å². The maximum Gasteiger partial charge on any atom is 0.416 e. The van der Waals surface area contributed by atoms with Gasteiger partial charge in [-0.2, -0.15) is 13.2 Å². The van der Waals surface area contributed by atoms with E-state index in [0.29, 0.717) is 11.5 Å². The number of benzene rings is 1. The largest absolute Gasteiger partial charge is 0.466 e. The Bertz CT molecular complexity index is 1010. The van der Waals surface area contributed by atoms with Gasteiger partial charge >= 0.3 is 18.1 Å². The van der Waals surface area contributed by atoms with Crippen LogP contribution in [0.15, 0.2) is 41.9 Å². The maximum absolute atomic E-state index is 13.4. The van der Waals surface area contributed by atoms with Gasteiger partial charge in [0, 0.05) is 12.4 Å². The number of aromatic nitrogens is 2. The Kier molecular flexibility index (Phi) is 5.83. The lowest BCUT2D eigenvalue weighted by Crippen LogP contribution is -2.39. The summed E-state index contributed by atoms with van der Waals surface area (Å²) in [5.74, 6) is -1.26. The first-order valence-electron chi connectivity index (χ1n) is 8.65. The molecule has 0 atom stereocenters. The van der Waals surface area contributed by atoms with E-state index in [4.69, 9.17) is 14.2 Å². The average molecular weight is 425 g/mol. The number of anilines is 1. The van der Waals surface area contributed by atoms with Crippen LogP contribution in [0.1, 0.15) is 11.4 Å². The molecule has 2 heterocycles. The molecule has 1 aromatic heterocycles. The standard InChI is InChI=1S/C19H18F3N3O5/c1-11-23-6-7-24(11)14-5-4-12(19(20,21)22)8-15(14)25-10-30-9-13(17(26)28-2)16(25)18(27)29-3/h4-8H,9-10H2,1-3H3. The lowest BCUT2D eigenvalue weighted by molar-refractivity contribution is -0.140. The lowest BCUT2D eigenvalue weighted by Gasteiger charge is -2.33. The van der Waals surface area contributed by atoms with Crippen LogP contribution < -0.4 is 4.90 Å². The number of esters is 2. The van der Waals surface area contributed by atoms with Gasteiger partial charge in [0.15, 0.2) is 0 Å². The minimum absolute atomic E-state index is 0.0209. The molecule has 1 aromatic carbocycles. The number of nitrogens with zero attached hydrogens (tertiary/aromatic N) is 3. The van der Waals surface area contributed by atoms with E-state index in [-0.39, 0.29) is 30.3 Å². The van der Waals surface area contributed by atoms with E-state index in [9.17, 15) is 22.8 Å². The minimum atomic E-state index is -4.63. The highest BCUT2D eigenvalue weighted by Crippen LogP contribution is 2.38. The first-order chi connectivity index (χ1) is 14.2. The zero-order valence-electron chi connectivity index (χ0n) is 16.3. The monoisotopic (exact) mass is 425 g/mol. The zero-order chi connectivity index (χ0) is 22.1. The van der Waals surface area contributed by atoms with Crippen molar-refractivity contribution < 1.29 is 37.0 Å². The summed E-state index contributed by atoms with van der Waals surface area (Å²) in [4.78, 5) is 29.9. The Hall–Kier alpha value is -3.34. The predicted molar refractivity (Wildman–Crippen MR) is 97.7 cm³/mol. The molecule has 11 heteroatoms. The zero-order valence-corrected chi connectivity index (χ0v) is 16.3. The van der Waals surface area contributed by atoms with E-state index >= 15 is 0 Å². The van der Waals surface area contributed by atoms with Crippen LogP contribution in [-0.4, -0.2) is 49.0 Å². The summed E-state index contributed by atoms with van der Waals surface area (Å²) >= 11 is 0. The molecule has 0 spiro atoms. The number of alkyl halides is 3. The van der Waals surface area contributed by atoms with Gasteiger partial charge in [-0.05, 0) is 25.1 Å². The van der Waals surface area contributed by atoms with Gasteiger partial charge < -0.3 is 23.7 Å². The van der Waals surface area contributed by atoms with Gasteiger partial charge in [-0.3, -0.25) is 0 Å². The third-order valence-corrected chi connectivity index (χ3v) is 4.51. The van der Waals surface area contributed by atoms with Gasteiger partial charge in [-0.15, -0.1) is 0 Å². The molecule has 0 aliphatic carbocycles. The number of imidazole rings is 1. The summed E-state index contributed by atoms with van der Waals surface area (Å²) in [6.45, 7) is 1.13. The highest BCUT2D eigenvalue weighted by molar-refractivity contribution is 6.03. The number of methoxy groups -OCH3 is 2. The molecular formula is C19H18F3N3O5. The first-order valence-corrected chi connectivity index (χ1v) is 8.65. The smallest absolute Gasteiger partial charge is 0.416 e. The summed E-state index contributed by atoms with van der Waals surface area (Å²) in [7, 11) is 2.22. The van der Waals surface area contributed by atoms with Crippen molar-refractivity contribution in [2.45, 2.75) is 13.1 Å². The topological polar surface area (TPSA) is 82.9 Å². The molecule has 30 heavy (non-hydrogen) atoms. The second-order valence-electron chi connectivity index (χ2n) is 6.26. The number of aryl methyl sites for hydroxylation is 1. The number of halogens is 3. The molecule has 1 aliphatic heterocycles. The Morgan fingerprint density at radius 1 is 1.13 bits per heavy atom. The number of carbonyl (C=O) groups excluding carboxylic acids is 2. The Labute approximate surface area is 169 Å². The molecule has 0 fully saturated rings.